The predicted octanol–water partition coefficient (Wildman–Crippen LogP) is 2.20. The van der Waals surface area contributed by atoms with Gasteiger partial charge in [0.15, 0.2) is 0 Å². The minimum absolute atomic E-state index is 0.129. The molecule has 0 aromatic carbocycles. The Morgan fingerprint density at radius 2 is 2.36 bits per heavy atom. The van der Waals surface area contributed by atoms with Crippen LogP contribution in [0.15, 0.2) is 10.7 Å². The molecular formula is C10H15BrN2O. The number of hydrogen-bond acceptors (Lipinski definition) is 2. The lowest BCUT2D eigenvalue weighted by Crippen LogP contribution is -2.20. The van der Waals surface area contributed by atoms with Crippen LogP contribution in [0, 0.1) is 0 Å². The number of hydrogen-bond donors (Lipinski definition) is 1. The Morgan fingerprint density at radius 1 is 1.57 bits per heavy atom. The van der Waals surface area contributed by atoms with Crippen LogP contribution in [0.25, 0.3) is 0 Å². The third kappa shape index (κ3) is 1.86. The monoisotopic (exact) mass is 258 g/mol. The van der Waals surface area contributed by atoms with Crippen molar-refractivity contribution in [2.45, 2.75) is 37.7 Å². The SMILES string of the molecule is Cn1ncc(Br)c1C1CCCC(O)C1. The van der Waals surface area contributed by atoms with Crippen molar-refractivity contribution < 1.29 is 5.11 Å². The summed E-state index contributed by atoms with van der Waals surface area (Å²) in [6.45, 7) is 0. The average Bonchev–Trinajstić information content (AvgIpc) is 2.46. The second-order valence-corrected chi connectivity index (χ2v) is 4.87. The number of halogens is 1. The van der Waals surface area contributed by atoms with E-state index in [2.05, 4.69) is 21.0 Å². The Morgan fingerprint density at radius 3 is 2.93 bits per heavy atom. The molecule has 0 spiro atoms. The van der Waals surface area contributed by atoms with E-state index < -0.39 is 0 Å². The molecule has 4 heteroatoms. The van der Waals surface area contributed by atoms with Gasteiger partial charge in [0.05, 0.1) is 22.5 Å². The maximum Gasteiger partial charge on any atom is 0.0635 e. The Bertz CT molecular complexity index is 304. The van der Waals surface area contributed by atoms with Gasteiger partial charge in [0, 0.05) is 13.0 Å². The molecule has 1 aliphatic carbocycles. The summed E-state index contributed by atoms with van der Waals surface area (Å²) < 4.78 is 2.98. The van der Waals surface area contributed by atoms with Crippen LogP contribution < -0.4 is 0 Å². The zero-order valence-corrected chi connectivity index (χ0v) is 9.87. The molecule has 14 heavy (non-hydrogen) atoms. The third-order valence-corrected chi connectivity index (χ3v) is 3.58. The molecule has 1 aromatic rings. The fourth-order valence-corrected chi connectivity index (χ4v) is 2.96. The zero-order valence-electron chi connectivity index (χ0n) is 8.28. The zero-order chi connectivity index (χ0) is 10.1. The minimum Gasteiger partial charge on any atom is -0.393 e. The van der Waals surface area contributed by atoms with Crippen LogP contribution >= 0.6 is 15.9 Å². The van der Waals surface area contributed by atoms with Gasteiger partial charge >= 0.3 is 0 Å². The molecule has 1 fully saturated rings. The van der Waals surface area contributed by atoms with Gasteiger partial charge in [-0.3, -0.25) is 4.68 Å². The van der Waals surface area contributed by atoms with Gasteiger partial charge in [0.25, 0.3) is 0 Å². The lowest BCUT2D eigenvalue weighted by Gasteiger charge is -2.26. The Labute approximate surface area is 92.2 Å². The normalized spacial score (nSPS) is 27.9. The van der Waals surface area contributed by atoms with E-state index in [1.165, 1.54) is 5.69 Å². The number of aliphatic hydroxyl groups excluding tert-OH is 1. The van der Waals surface area contributed by atoms with E-state index in [1.54, 1.807) is 0 Å². The Balaban J connectivity index is 2.21. The van der Waals surface area contributed by atoms with Crippen molar-refractivity contribution in [2.24, 2.45) is 7.05 Å². The van der Waals surface area contributed by atoms with E-state index in [-0.39, 0.29) is 6.10 Å². The first-order chi connectivity index (χ1) is 6.68. The summed E-state index contributed by atoms with van der Waals surface area (Å²) in [5, 5.41) is 13.8. The smallest absolute Gasteiger partial charge is 0.0635 e. The summed E-state index contributed by atoms with van der Waals surface area (Å²) in [6, 6.07) is 0. The molecule has 0 aliphatic heterocycles. The second kappa shape index (κ2) is 4.03. The summed E-state index contributed by atoms with van der Waals surface area (Å²) in [5.74, 6) is 0.459. The molecule has 0 radical (unpaired) electrons. The quantitative estimate of drug-likeness (QED) is 0.839. The van der Waals surface area contributed by atoms with E-state index in [9.17, 15) is 5.11 Å². The first-order valence-corrected chi connectivity index (χ1v) is 5.83. The molecule has 1 aromatic heterocycles. The fraction of sp³-hybridized carbons (Fsp3) is 0.700. The van der Waals surface area contributed by atoms with Crippen molar-refractivity contribution in [1.29, 1.82) is 0 Å². The van der Waals surface area contributed by atoms with E-state index in [1.807, 2.05) is 17.9 Å². The number of nitrogens with zero attached hydrogens (tertiary/aromatic N) is 2. The molecular weight excluding hydrogens is 244 g/mol. The molecule has 1 aliphatic rings. The molecule has 2 unspecified atom stereocenters. The van der Waals surface area contributed by atoms with Crippen LogP contribution in [-0.4, -0.2) is 21.0 Å². The molecule has 1 saturated carbocycles. The fourth-order valence-electron chi connectivity index (χ4n) is 2.29. The maximum absolute atomic E-state index is 9.62. The first kappa shape index (κ1) is 10.2. The van der Waals surface area contributed by atoms with Crippen LogP contribution in [0.2, 0.25) is 0 Å². The standard InChI is InChI=1S/C10H15BrN2O/c1-13-10(9(11)6-12-13)7-3-2-4-8(14)5-7/h6-8,14H,2-5H2,1H3. The summed E-state index contributed by atoms with van der Waals surface area (Å²) in [7, 11) is 1.96. The Hall–Kier alpha value is -0.350. The van der Waals surface area contributed by atoms with Gasteiger partial charge in [0.2, 0.25) is 0 Å². The van der Waals surface area contributed by atoms with E-state index in [4.69, 9.17) is 0 Å². The van der Waals surface area contributed by atoms with Crippen LogP contribution in [0.5, 0.6) is 0 Å². The van der Waals surface area contributed by atoms with Crippen LogP contribution in [0.3, 0.4) is 0 Å². The molecule has 2 atom stereocenters. The van der Waals surface area contributed by atoms with Crippen molar-refractivity contribution in [3.8, 4) is 0 Å². The van der Waals surface area contributed by atoms with Crippen molar-refractivity contribution in [1.82, 2.24) is 9.78 Å². The summed E-state index contributed by atoms with van der Waals surface area (Å²) >= 11 is 3.51. The molecule has 1 heterocycles. The number of aryl methyl sites for hydroxylation is 1. The molecule has 0 amide bonds. The predicted molar refractivity (Wildman–Crippen MR) is 58.1 cm³/mol. The summed E-state index contributed by atoms with van der Waals surface area (Å²) in [5.41, 5.74) is 1.23. The topological polar surface area (TPSA) is 38.0 Å². The molecule has 0 bridgehead atoms. The first-order valence-electron chi connectivity index (χ1n) is 5.04. The van der Waals surface area contributed by atoms with Crippen molar-refractivity contribution >= 4 is 15.9 Å². The van der Waals surface area contributed by atoms with Gasteiger partial charge in [-0.25, -0.2) is 0 Å². The van der Waals surface area contributed by atoms with E-state index in [0.29, 0.717) is 5.92 Å². The van der Waals surface area contributed by atoms with Gasteiger partial charge in [0.1, 0.15) is 0 Å². The maximum atomic E-state index is 9.62. The van der Waals surface area contributed by atoms with Gasteiger partial charge in [-0.15, -0.1) is 0 Å². The highest BCUT2D eigenvalue weighted by molar-refractivity contribution is 9.10. The van der Waals surface area contributed by atoms with Crippen molar-refractivity contribution in [3.05, 3.63) is 16.4 Å². The van der Waals surface area contributed by atoms with Gasteiger partial charge in [-0.2, -0.15) is 5.10 Å². The van der Waals surface area contributed by atoms with Crippen LogP contribution in [0.1, 0.15) is 37.3 Å². The number of aliphatic hydroxyl groups is 1. The molecule has 78 valence electrons. The van der Waals surface area contributed by atoms with Crippen LogP contribution in [-0.2, 0) is 7.05 Å². The lowest BCUT2D eigenvalue weighted by molar-refractivity contribution is 0.118. The highest BCUT2D eigenvalue weighted by Crippen LogP contribution is 2.35. The molecule has 2 rings (SSSR count). The van der Waals surface area contributed by atoms with Crippen molar-refractivity contribution in [3.63, 3.8) is 0 Å². The molecule has 3 nitrogen and oxygen atoms in total. The summed E-state index contributed by atoms with van der Waals surface area (Å²) in [6.07, 6.45) is 5.80. The van der Waals surface area contributed by atoms with E-state index >= 15 is 0 Å². The lowest BCUT2D eigenvalue weighted by atomic mass is 9.85. The van der Waals surface area contributed by atoms with Gasteiger partial charge in [-0.1, -0.05) is 6.42 Å². The Kier molecular flexibility index (Phi) is 2.93. The average molecular weight is 259 g/mol. The largest absolute Gasteiger partial charge is 0.393 e. The minimum atomic E-state index is -0.129. The van der Waals surface area contributed by atoms with Crippen LogP contribution in [0.4, 0.5) is 0 Å². The van der Waals surface area contributed by atoms with Gasteiger partial charge < -0.3 is 5.11 Å². The second-order valence-electron chi connectivity index (χ2n) is 4.02. The molecule has 1 N–H and O–H groups in total. The highest BCUT2D eigenvalue weighted by Gasteiger charge is 2.25. The molecule has 0 saturated heterocycles. The summed E-state index contributed by atoms with van der Waals surface area (Å²) in [4.78, 5) is 0. The van der Waals surface area contributed by atoms with E-state index in [0.717, 1.165) is 30.2 Å². The third-order valence-electron chi connectivity index (χ3n) is 2.97. The number of rotatable bonds is 1. The van der Waals surface area contributed by atoms with Gasteiger partial charge in [-0.05, 0) is 35.2 Å². The highest BCUT2D eigenvalue weighted by atomic mass is 79.9. The number of aromatic nitrogens is 2. The van der Waals surface area contributed by atoms with Crippen molar-refractivity contribution in [2.75, 3.05) is 0 Å².